The topological polar surface area (TPSA) is 52.0 Å². The molecule has 1 atom stereocenters. The first-order valence-electron chi connectivity index (χ1n) is 7.03. The third-order valence-corrected chi connectivity index (χ3v) is 3.26. The Kier molecular flexibility index (Phi) is 5.12. The molecule has 1 N–H and O–H groups in total. The van der Waals surface area contributed by atoms with E-state index in [1.54, 1.807) is 19.5 Å². The molecule has 0 radical (unpaired) electrons. The lowest BCUT2D eigenvalue weighted by molar-refractivity contribution is 0.401. The number of methoxy groups -OCH3 is 1. The van der Waals surface area contributed by atoms with Gasteiger partial charge in [0, 0.05) is 30.1 Å². The Morgan fingerprint density at radius 1 is 1.35 bits per heavy atom. The normalized spacial score (nSPS) is 12.3. The minimum atomic E-state index is 0.0770. The van der Waals surface area contributed by atoms with Gasteiger partial charge in [0.05, 0.1) is 25.5 Å². The molecule has 20 heavy (non-hydrogen) atoms. The van der Waals surface area contributed by atoms with E-state index in [0.717, 1.165) is 36.4 Å². The molecule has 1 unspecified atom stereocenters. The van der Waals surface area contributed by atoms with Crippen LogP contribution in [0, 0.1) is 0 Å². The van der Waals surface area contributed by atoms with E-state index in [0.29, 0.717) is 0 Å². The number of nitrogens with zero attached hydrogens (tertiary/aromatic N) is 3. The average Bonchev–Trinajstić information content (AvgIpc) is 2.97. The number of aromatic nitrogens is 3. The summed E-state index contributed by atoms with van der Waals surface area (Å²) < 4.78 is 7.37. The predicted molar refractivity (Wildman–Crippen MR) is 78.8 cm³/mol. The Balaban J connectivity index is 2.35. The lowest BCUT2D eigenvalue weighted by Gasteiger charge is -2.19. The summed E-state index contributed by atoms with van der Waals surface area (Å²) in [6, 6.07) is 2.07. The Morgan fingerprint density at radius 3 is 2.85 bits per heavy atom. The molecule has 0 aliphatic carbocycles. The van der Waals surface area contributed by atoms with Crippen LogP contribution in [-0.2, 0) is 6.54 Å². The Hall–Kier alpha value is -1.88. The van der Waals surface area contributed by atoms with Crippen LogP contribution < -0.4 is 10.1 Å². The highest BCUT2D eigenvalue weighted by Gasteiger charge is 2.19. The van der Waals surface area contributed by atoms with Crippen molar-refractivity contribution in [3.05, 3.63) is 42.0 Å². The molecule has 0 spiro atoms. The molecule has 0 aromatic carbocycles. The molecule has 2 heterocycles. The Morgan fingerprint density at radius 2 is 2.20 bits per heavy atom. The summed E-state index contributed by atoms with van der Waals surface area (Å²) in [6.07, 6.45) is 8.61. The van der Waals surface area contributed by atoms with Crippen LogP contribution in [0.1, 0.15) is 37.4 Å². The monoisotopic (exact) mass is 274 g/mol. The molecule has 5 nitrogen and oxygen atoms in total. The number of nitrogens with one attached hydrogen (secondary N) is 1. The first-order valence-corrected chi connectivity index (χ1v) is 7.03. The summed E-state index contributed by atoms with van der Waals surface area (Å²) >= 11 is 0. The van der Waals surface area contributed by atoms with E-state index in [1.165, 1.54) is 0 Å². The molecule has 5 heteroatoms. The van der Waals surface area contributed by atoms with E-state index in [2.05, 4.69) is 35.4 Å². The summed E-state index contributed by atoms with van der Waals surface area (Å²) in [5.41, 5.74) is 2.23. The zero-order valence-electron chi connectivity index (χ0n) is 12.3. The number of aryl methyl sites for hydroxylation is 1. The van der Waals surface area contributed by atoms with Crippen LogP contribution in [0.2, 0.25) is 0 Å². The molecular weight excluding hydrogens is 252 g/mol. The van der Waals surface area contributed by atoms with Gasteiger partial charge in [-0.15, -0.1) is 0 Å². The second kappa shape index (κ2) is 7.05. The maximum absolute atomic E-state index is 5.43. The fourth-order valence-corrected chi connectivity index (χ4v) is 2.20. The molecule has 108 valence electrons. The quantitative estimate of drug-likeness (QED) is 0.842. The molecule has 2 aromatic rings. The first-order chi connectivity index (χ1) is 9.80. The van der Waals surface area contributed by atoms with Gasteiger partial charge in [0.15, 0.2) is 0 Å². The van der Waals surface area contributed by atoms with E-state index >= 15 is 0 Å². The summed E-state index contributed by atoms with van der Waals surface area (Å²) in [6.45, 7) is 6.04. The van der Waals surface area contributed by atoms with Crippen molar-refractivity contribution in [2.75, 3.05) is 13.7 Å². The molecule has 0 fully saturated rings. The van der Waals surface area contributed by atoms with Gasteiger partial charge in [-0.1, -0.05) is 6.92 Å². The number of hydrogen-bond acceptors (Lipinski definition) is 4. The van der Waals surface area contributed by atoms with Crippen LogP contribution in [0.15, 0.2) is 30.9 Å². The third-order valence-electron chi connectivity index (χ3n) is 3.26. The molecule has 0 saturated heterocycles. The van der Waals surface area contributed by atoms with Gasteiger partial charge in [-0.3, -0.25) is 9.67 Å². The number of hydrogen-bond donors (Lipinski definition) is 1. The minimum absolute atomic E-state index is 0.0770. The van der Waals surface area contributed by atoms with Gasteiger partial charge < -0.3 is 10.1 Å². The van der Waals surface area contributed by atoms with E-state index in [-0.39, 0.29) is 6.04 Å². The second-order valence-electron chi connectivity index (χ2n) is 4.63. The van der Waals surface area contributed by atoms with Gasteiger partial charge in [0.2, 0.25) is 0 Å². The van der Waals surface area contributed by atoms with Crippen LogP contribution in [-0.4, -0.2) is 28.4 Å². The van der Waals surface area contributed by atoms with Crippen LogP contribution in [0.3, 0.4) is 0 Å². The van der Waals surface area contributed by atoms with Crippen molar-refractivity contribution in [3.8, 4) is 5.75 Å². The van der Waals surface area contributed by atoms with Crippen LogP contribution in [0.25, 0.3) is 0 Å². The van der Waals surface area contributed by atoms with Gasteiger partial charge in [0.25, 0.3) is 0 Å². The summed E-state index contributed by atoms with van der Waals surface area (Å²) in [5.74, 6) is 0.797. The van der Waals surface area contributed by atoms with E-state index < -0.39 is 0 Å². The Bertz CT molecular complexity index is 538. The average molecular weight is 274 g/mol. The lowest BCUT2D eigenvalue weighted by atomic mass is 10.0. The SMILES string of the molecule is CCCNC(c1cnn(CC)c1)c1ccncc1OC. The smallest absolute Gasteiger partial charge is 0.142 e. The lowest BCUT2D eigenvalue weighted by Crippen LogP contribution is -2.23. The Labute approximate surface area is 120 Å². The van der Waals surface area contributed by atoms with E-state index in [1.807, 2.05) is 16.9 Å². The first kappa shape index (κ1) is 14.5. The summed E-state index contributed by atoms with van der Waals surface area (Å²) in [5, 5.41) is 7.92. The highest BCUT2D eigenvalue weighted by Crippen LogP contribution is 2.28. The van der Waals surface area contributed by atoms with Crippen LogP contribution in [0.4, 0.5) is 0 Å². The zero-order valence-corrected chi connectivity index (χ0v) is 12.3. The molecule has 0 saturated carbocycles. The van der Waals surface area contributed by atoms with Gasteiger partial charge in [-0.05, 0) is 26.0 Å². The van der Waals surface area contributed by atoms with Crippen molar-refractivity contribution in [1.29, 1.82) is 0 Å². The second-order valence-corrected chi connectivity index (χ2v) is 4.63. The maximum Gasteiger partial charge on any atom is 0.142 e. The molecular formula is C15H22N4O. The highest BCUT2D eigenvalue weighted by atomic mass is 16.5. The van der Waals surface area contributed by atoms with Crippen molar-refractivity contribution in [2.24, 2.45) is 0 Å². The number of rotatable bonds is 7. The minimum Gasteiger partial charge on any atom is -0.495 e. The van der Waals surface area contributed by atoms with E-state index in [9.17, 15) is 0 Å². The molecule has 0 aliphatic rings. The third kappa shape index (κ3) is 3.17. The zero-order chi connectivity index (χ0) is 14.4. The predicted octanol–water partition coefficient (Wildman–Crippen LogP) is 2.40. The van der Waals surface area contributed by atoms with Crippen LogP contribution in [0.5, 0.6) is 5.75 Å². The van der Waals surface area contributed by atoms with Crippen molar-refractivity contribution >= 4 is 0 Å². The van der Waals surface area contributed by atoms with Crippen molar-refractivity contribution in [1.82, 2.24) is 20.1 Å². The fourth-order valence-electron chi connectivity index (χ4n) is 2.20. The summed E-state index contributed by atoms with van der Waals surface area (Å²) in [7, 11) is 1.67. The van der Waals surface area contributed by atoms with Crippen molar-refractivity contribution in [3.63, 3.8) is 0 Å². The standard InChI is InChI=1S/C15H22N4O/c1-4-7-17-15(12-9-18-19(5-2)11-12)13-6-8-16-10-14(13)20-3/h6,8-11,15,17H,4-5,7H2,1-3H3. The van der Waals surface area contributed by atoms with E-state index in [4.69, 9.17) is 4.74 Å². The molecule has 0 amide bonds. The van der Waals surface area contributed by atoms with Crippen molar-refractivity contribution in [2.45, 2.75) is 32.9 Å². The largest absolute Gasteiger partial charge is 0.495 e. The van der Waals surface area contributed by atoms with Gasteiger partial charge >= 0.3 is 0 Å². The fraction of sp³-hybridized carbons (Fsp3) is 0.467. The van der Waals surface area contributed by atoms with Crippen LogP contribution >= 0.6 is 0 Å². The van der Waals surface area contributed by atoms with Crippen molar-refractivity contribution < 1.29 is 4.74 Å². The molecule has 0 aliphatic heterocycles. The molecule has 0 bridgehead atoms. The highest BCUT2D eigenvalue weighted by molar-refractivity contribution is 5.38. The van der Waals surface area contributed by atoms with Gasteiger partial charge in [-0.2, -0.15) is 5.10 Å². The number of pyridine rings is 1. The van der Waals surface area contributed by atoms with Gasteiger partial charge in [0.1, 0.15) is 5.75 Å². The number of ether oxygens (including phenoxy) is 1. The molecule has 2 rings (SSSR count). The maximum atomic E-state index is 5.43. The molecule has 2 aromatic heterocycles. The van der Waals surface area contributed by atoms with Gasteiger partial charge in [-0.25, -0.2) is 0 Å². The summed E-state index contributed by atoms with van der Waals surface area (Å²) in [4.78, 5) is 4.12.